The number of hydrogen-bond donors (Lipinski definition) is 3. The summed E-state index contributed by atoms with van der Waals surface area (Å²) in [5.41, 5.74) is 2.00. The van der Waals surface area contributed by atoms with Gasteiger partial charge in [-0.15, -0.1) is 0 Å². The maximum absolute atomic E-state index is 12.3. The molecular weight excluding hydrogens is 402 g/mol. The third kappa shape index (κ3) is 9.41. The first-order chi connectivity index (χ1) is 15.5. The molecule has 32 heavy (non-hydrogen) atoms. The first kappa shape index (κ1) is 25.2. The van der Waals surface area contributed by atoms with E-state index in [0.717, 1.165) is 24.3 Å². The Kier molecular flexibility index (Phi) is 11.1. The van der Waals surface area contributed by atoms with Crippen LogP contribution in [-0.4, -0.2) is 31.0 Å². The number of benzene rings is 2. The Morgan fingerprint density at radius 1 is 0.938 bits per heavy atom. The summed E-state index contributed by atoms with van der Waals surface area (Å²) in [5, 5.41) is 8.88. The molecular formula is C26H37N3O3. The molecule has 0 radical (unpaired) electrons. The Morgan fingerprint density at radius 2 is 1.69 bits per heavy atom. The predicted molar refractivity (Wildman–Crippen MR) is 131 cm³/mol. The van der Waals surface area contributed by atoms with Gasteiger partial charge in [0.15, 0.2) is 0 Å². The molecule has 6 nitrogen and oxygen atoms in total. The predicted octanol–water partition coefficient (Wildman–Crippen LogP) is 5.61. The fraction of sp³-hybridized carbons (Fsp3) is 0.462. The van der Waals surface area contributed by atoms with Crippen LogP contribution in [0.15, 0.2) is 48.5 Å². The normalized spacial score (nSPS) is 11.5. The van der Waals surface area contributed by atoms with E-state index in [4.69, 9.17) is 4.74 Å². The minimum atomic E-state index is -0.163. The van der Waals surface area contributed by atoms with Gasteiger partial charge in [0, 0.05) is 23.0 Å². The van der Waals surface area contributed by atoms with Gasteiger partial charge in [0.2, 0.25) is 5.91 Å². The van der Waals surface area contributed by atoms with Crippen LogP contribution in [0.5, 0.6) is 5.75 Å². The van der Waals surface area contributed by atoms with Crippen molar-refractivity contribution in [3.63, 3.8) is 0 Å². The molecule has 0 saturated heterocycles. The molecule has 2 amide bonds. The molecule has 174 valence electrons. The molecule has 0 aromatic heterocycles. The number of unbranched alkanes of at least 4 members (excludes halogenated alkanes) is 4. The van der Waals surface area contributed by atoms with Crippen molar-refractivity contribution in [2.75, 3.05) is 23.8 Å². The third-order valence-electron chi connectivity index (χ3n) is 5.22. The molecule has 0 spiro atoms. The zero-order valence-corrected chi connectivity index (χ0v) is 19.6. The average Bonchev–Trinajstić information content (AvgIpc) is 2.81. The summed E-state index contributed by atoms with van der Waals surface area (Å²) in [6.07, 6.45) is 6.91. The number of nitrogens with one attached hydrogen (secondary N) is 3. The van der Waals surface area contributed by atoms with Crippen molar-refractivity contribution >= 4 is 23.2 Å². The minimum Gasteiger partial charge on any atom is -0.494 e. The van der Waals surface area contributed by atoms with Crippen LogP contribution in [0, 0.1) is 0 Å². The van der Waals surface area contributed by atoms with Gasteiger partial charge in [0.1, 0.15) is 5.75 Å². The van der Waals surface area contributed by atoms with Crippen molar-refractivity contribution in [3.8, 4) is 5.75 Å². The van der Waals surface area contributed by atoms with Gasteiger partial charge < -0.3 is 20.7 Å². The Balaban J connectivity index is 1.75. The summed E-state index contributed by atoms with van der Waals surface area (Å²) in [4.78, 5) is 24.6. The first-order valence-corrected chi connectivity index (χ1v) is 11.7. The van der Waals surface area contributed by atoms with Crippen LogP contribution in [-0.2, 0) is 4.79 Å². The van der Waals surface area contributed by atoms with Crippen LogP contribution < -0.4 is 20.7 Å². The van der Waals surface area contributed by atoms with Gasteiger partial charge in [0.25, 0.3) is 5.91 Å². The largest absolute Gasteiger partial charge is 0.494 e. The number of carbonyl (C=O) groups is 2. The first-order valence-electron chi connectivity index (χ1n) is 11.7. The zero-order chi connectivity index (χ0) is 23.2. The number of amides is 2. The standard InChI is InChI=1S/C26H37N3O3/c1-4-6-7-8-9-17-32-24-15-13-22(14-16-24)29-25(30)19-27-23-12-10-11-21(18-23)26(31)28-20(3)5-2/h10-16,18,20,27H,4-9,17,19H2,1-3H3,(H,28,31)(H,29,30). The van der Waals surface area contributed by atoms with Crippen molar-refractivity contribution < 1.29 is 14.3 Å². The van der Waals surface area contributed by atoms with Crippen LogP contribution >= 0.6 is 0 Å². The Bertz CT molecular complexity index is 836. The van der Waals surface area contributed by atoms with E-state index >= 15 is 0 Å². The van der Waals surface area contributed by atoms with Crippen molar-refractivity contribution in [3.05, 3.63) is 54.1 Å². The smallest absolute Gasteiger partial charge is 0.251 e. The van der Waals surface area contributed by atoms with Crippen LogP contribution in [0.25, 0.3) is 0 Å². The monoisotopic (exact) mass is 439 g/mol. The SMILES string of the molecule is CCCCCCCOc1ccc(NC(=O)CNc2cccc(C(=O)NC(C)CC)c2)cc1. The molecule has 1 unspecified atom stereocenters. The number of rotatable bonds is 14. The van der Waals surface area contributed by atoms with Crippen LogP contribution in [0.4, 0.5) is 11.4 Å². The van der Waals surface area contributed by atoms with Gasteiger partial charge in [-0.1, -0.05) is 45.6 Å². The quantitative estimate of drug-likeness (QED) is 0.334. The van der Waals surface area contributed by atoms with E-state index in [-0.39, 0.29) is 24.4 Å². The van der Waals surface area contributed by atoms with Gasteiger partial charge in [0.05, 0.1) is 13.2 Å². The van der Waals surface area contributed by atoms with E-state index in [1.165, 1.54) is 25.7 Å². The van der Waals surface area contributed by atoms with Crippen LogP contribution in [0.3, 0.4) is 0 Å². The number of carbonyl (C=O) groups excluding carboxylic acids is 2. The highest BCUT2D eigenvalue weighted by molar-refractivity contribution is 5.96. The highest BCUT2D eigenvalue weighted by Crippen LogP contribution is 2.17. The molecule has 0 heterocycles. The Labute approximate surface area is 192 Å². The van der Waals surface area contributed by atoms with Gasteiger partial charge in [-0.25, -0.2) is 0 Å². The summed E-state index contributed by atoms with van der Waals surface area (Å²) in [6, 6.07) is 14.7. The van der Waals surface area contributed by atoms with E-state index < -0.39 is 0 Å². The average molecular weight is 440 g/mol. The lowest BCUT2D eigenvalue weighted by Crippen LogP contribution is -2.31. The molecule has 1 atom stereocenters. The maximum Gasteiger partial charge on any atom is 0.251 e. The van der Waals surface area contributed by atoms with Gasteiger partial charge in [-0.3, -0.25) is 9.59 Å². The van der Waals surface area contributed by atoms with Crippen LogP contribution in [0.1, 0.15) is 69.7 Å². The zero-order valence-electron chi connectivity index (χ0n) is 19.6. The molecule has 0 fully saturated rings. The molecule has 2 rings (SSSR count). The Morgan fingerprint density at radius 3 is 2.41 bits per heavy atom. The molecule has 0 aliphatic rings. The molecule has 0 aliphatic heterocycles. The summed E-state index contributed by atoms with van der Waals surface area (Å²) in [7, 11) is 0. The van der Waals surface area contributed by atoms with Crippen molar-refractivity contribution in [2.45, 2.75) is 65.3 Å². The second-order valence-electron chi connectivity index (χ2n) is 8.05. The number of anilines is 2. The summed E-state index contributed by atoms with van der Waals surface area (Å²) < 4.78 is 5.76. The highest BCUT2D eigenvalue weighted by atomic mass is 16.5. The minimum absolute atomic E-state index is 0.104. The number of ether oxygens (including phenoxy) is 1. The maximum atomic E-state index is 12.3. The summed E-state index contributed by atoms with van der Waals surface area (Å²) in [5.74, 6) is 0.531. The molecule has 0 bridgehead atoms. The van der Waals surface area contributed by atoms with E-state index in [2.05, 4.69) is 22.9 Å². The lowest BCUT2D eigenvalue weighted by molar-refractivity contribution is -0.114. The van der Waals surface area contributed by atoms with Gasteiger partial charge in [-0.05, 0) is 62.2 Å². The number of hydrogen-bond acceptors (Lipinski definition) is 4. The molecule has 2 aromatic carbocycles. The summed E-state index contributed by atoms with van der Waals surface area (Å²) >= 11 is 0. The van der Waals surface area contributed by atoms with Gasteiger partial charge in [-0.2, -0.15) is 0 Å². The molecule has 6 heteroatoms. The molecule has 0 aliphatic carbocycles. The molecule has 3 N–H and O–H groups in total. The van der Waals surface area contributed by atoms with E-state index in [9.17, 15) is 9.59 Å². The fourth-order valence-corrected chi connectivity index (χ4v) is 3.10. The van der Waals surface area contributed by atoms with E-state index in [0.29, 0.717) is 17.9 Å². The Hall–Kier alpha value is -3.02. The molecule has 2 aromatic rings. The lowest BCUT2D eigenvalue weighted by Gasteiger charge is -2.13. The summed E-state index contributed by atoms with van der Waals surface area (Å²) in [6.45, 7) is 7.02. The van der Waals surface area contributed by atoms with Crippen LogP contribution in [0.2, 0.25) is 0 Å². The topological polar surface area (TPSA) is 79.5 Å². The van der Waals surface area contributed by atoms with Crippen molar-refractivity contribution in [2.24, 2.45) is 0 Å². The second-order valence-corrected chi connectivity index (χ2v) is 8.05. The molecule has 0 saturated carbocycles. The van der Waals surface area contributed by atoms with E-state index in [1.54, 1.807) is 18.2 Å². The third-order valence-corrected chi connectivity index (χ3v) is 5.22. The van der Waals surface area contributed by atoms with E-state index in [1.807, 2.05) is 44.2 Å². The van der Waals surface area contributed by atoms with Crippen molar-refractivity contribution in [1.29, 1.82) is 0 Å². The van der Waals surface area contributed by atoms with Gasteiger partial charge >= 0.3 is 0 Å². The lowest BCUT2D eigenvalue weighted by atomic mass is 10.1. The second kappa shape index (κ2) is 14.1. The van der Waals surface area contributed by atoms with Crippen molar-refractivity contribution in [1.82, 2.24) is 5.32 Å². The highest BCUT2D eigenvalue weighted by Gasteiger charge is 2.09. The fourth-order valence-electron chi connectivity index (χ4n) is 3.10.